The molecule has 3 rings (SSSR count). The molecule has 0 saturated carbocycles. The SMILES string of the molecule is COc1cc(C2/C(=C(\O)c3cc(C)ccc3C)C(=O)C(=O)N2CCN(C)C)ccc1OC(C)C. The van der Waals surface area contributed by atoms with Crippen molar-refractivity contribution < 1.29 is 24.2 Å². The molecule has 7 heteroatoms. The second-order valence-corrected chi connectivity index (χ2v) is 9.19. The van der Waals surface area contributed by atoms with Crippen molar-refractivity contribution in [3.63, 3.8) is 0 Å². The van der Waals surface area contributed by atoms with E-state index in [1.165, 1.54) is 4.90 Å². The number of nitrogens with zero attached hydrogens (tertiary/aromatic N) is 2. The predicted octanol–water partition coefficient (Wildman–Crippen LogP) is 4.08. The van der Waals surface area contributed by atoms with Crippen LogP contribution in [0.1, 0.15) is 42.1 Å². The van der Waals surface area contributed by atoms with Crippen molar-refractivity contribution in [1.82, 2.24) is 9.80 Å². The number of carbonyl (C=O) groups excluding carboxylic acids is 2. The van der Waals surface area contributed by atoms with Crippen LogP contribution in [0.15, 0.2) is 42.0 Å². The normalized spacial score (nSPS) is 17.7. The van der Waals surface area contributed by atoms with Gasteiger partial charge in [0.05, 0.1) is 24.8 Å². The maximum absolute atomic E-state index is 13.2. The lowest BCUT2D eigenvalue weighted by Crippen LogP contribution is -2.35. The molecule has 1 aliphatic rings. The first-order chi connectivity index (χ1) is 16.0. The number of hydrogen-bond donors (Lipinski definition) is 1. The van der Waals surface area contributed by atoms with Gasteiger partial charge in [-0.1, -0.05) is 23.8 Å². The van der Waals surface area contributed by atoms with E-state index in [9.17, 15) is 14.7 Å². The van der Waals surface area contributed by atoms with E-state index in [2.05, 4.69) is 0 Å². The summed E-state index contributed by atoms with van der Waals surface area (Å²) in [6.07, 6.45) is -0.0465. The maximum Gasteiger partial charge on any atom is 0.295 e. The third-order valence-electron chi connectivity index (χ3n) is 5.84. The molecule has 1 unspecified atom stereocenters. The molecule has 1 heterocycles. The van der Waals surface area contributed by atoms with E-state index in [4.69, 9.17) is 9.47 Å². The molecular formula is C27H34N2O5. The van der Waals surface area contributed by atoms with Crippen LogP contribution >= 0.6 is 0 Å². The molecule has 0 radical (unpaired) electrons. The molecule has 182 valence electrons. The number of likely N-dealkylation sites (tertiary alicyclic amines) is 1. The lowest BCUT2D eigenvalue weighted by atomic mass is 9.93. The van der Waals surface area contributed by atoms with Crippen LogP contribution in [0.5, 0.6) is 11.5 Å². The zero-order valence-electron chi connectivity index (χ0n) is 21.0. The Balaban J connectivity index is 2.21. The van der Waals surface area contributed by atoms with Gasteiger partial charge < -0.3 is 24.4 Å². The van der Waals surface area contributed by atoms with Crippen molar-refractivity contribution in [3.8, 4) is 11.5 Å². The first kappa shape index (κ1) is 25.3. The van der Waals surface area contributed by atoms with Crippen molar-refractivity contribution in [3.05, 3.63) is 64.2 Å². The zero-order valence-corrected chi connectivity index (χ0v) is 21.0. The van der Waals surface area contributed by atoms with E-state index in [0.717, 1.165) is 11.1 Å². The molecule has 1 aliphatic heterocycles. The molecule has 1 amide bonds. The van der Waals surface area contributed by atoms with E-state index < -0.39 is 17.7 Å². The summed E-state index contributed by atoms with van der Waals surface area (Å²) >= 11 is 0. The van der Waals surface area contributed by atoms with Gasteiger partial charge in [0.15, 0.2) is 11.5 Å². The van der Waals surface area contributed by atoms with Gasteiger partial charge in [-0.25, -0.2) is 0 Å². The summed E-state index contributed by atoms with van der Waals surface area (Å²) < 4.78 is 11.4. The molecule has 34 heavy (non-hydrogen) atoms. The van der Waals surface area contributed by atoms with Crippen LogP contribution < -0.4 is 9.47 Å². The molecule has 1 N–H and O–H groups in total. The fourth-order valence-corrected chi connectivity index (χ4v) is 4.11. The van der Waals surface area contributed by atoms with Crippen molar-refractivity contribution in [2.45, 2.75) is 39.8 Å². The number of rotatable bonds is 8. The van der Waals surface area contributed by atoms with E-state index in [1.54, 1.807) is 19.2 Å². The maximum atomic E-state index is 13.2. The van der Waals surface area contributed by atoms with Crippen molar-refractivity contribution in [1.29, 1.82) is 0 Å². The van der Waals surface area contributed by atoms with Gasteiger partial charge in [-0.05, 0) is 71.1 Å². The highest BCUT2D eigenvalue weighted by Crippen LogP contribution is 2.42. The Morgan fingerprint density at radius 2 is 1.79 bits per heavy atom. The summed E-state index contributed by atoms with van der Waals surface area (Å²) in [7, 11) is 5.36. The van der Waals surface area contributed by atoms with Gasteiger partial charge in [0.25, 0.3) is 11.7 Å². The molecule has 0 spiro atoms. The largest absolute Gasteiger partial charge is 0.507 e. The Morgan fingerprint density at radius 1 is 1.09 bits per heavy atom. The molecule has 2 aromatic carbocycles. The summed E-state index contributed by atoms with van der Waals surface area (Å²) in [5.41, 5.74) is 3.05. The molecule has 1 atom stereocenters. The Labute approximate surface area is 201 Å². The first-order valence-corrected chi connectivity index (χ1v) is 11.4. The van der Waals surface area contributed by atoms with Gasteiger partial charge in [-0.3, -0.25) is 9.59 Å². The number of carbonyl (C=O) groups is 2. The number of ketones is 1. The number of Topliss-reactive ketones (excluding diaryl/α,β-unsaturated/α-hetero) is 1. The summed E-state index contributed by atoms with van der Waals surface area (Å²) in [5.74, 6) is -0.417. The van der Waals surface area contributed by atoms with Crippen LogP contribution in [0, 0.1) is 13.8 Å². The van der Waals surface area contributed by atoms with Gasteiger partial charge in [0.2, 0.25) is 0 Å². The highest BCUT2D eigenvalue weighted by atomic mass is 16.5. The minimum absolute atomic E-state index is 0.0465. The lowest BCUT2D eigenvalue weighted by Gasteiger charge is -2.27. The fraction of sp³-hybridized carbons (Fsp3) is 0.407. The highest BCUT2D eigenvalue weighted by molar-refractivity contribution is 6.46. The molecule has 0 bridgehead atoms. The van der Waals surface area contributed by atoms with Crippen LogP contribution in [0.3, 0.4) is 0 Å². The van der Waals surface area contributed by atoms with Crippen LogP contribution in [0.25, 0.3) is 5.76 Å². The molecule has 0 aliphatic carbocycles. The summed E-state index contributed by atoms with van der Waals surface area (Å²) in [6.45, 7) is 8.53. The number of likely N-dealkylation sites (N-methyl/N-ethyl adjacent to an activating group) is 1. The molecule has 7 nitrogen and oxygen atoms in total. The van der Waals surface area contributed by atoms with Crippen molar-refractivity contribution in [2.75, 3.05) is 34.3 Å². The minimum Gasteiger partial charge on any atom is -0.507 e. The average Bonchev–Trinajstić information content (AvgIpc) is 3.03. The molecule has 2 aromatic rings. The third kappa shape index (κ3) is 5.09. The van der Waals surface area contributed by atoms with Gasteiger partial charge in [0, 0.05) is 18.7 Å². The second-order valence-electron chi connectivity index (χ2n) is 9.19. The van der Waals surface area contributed by atoms with Gasteiger partial charge in [-0.15, -0.1) is 0 Å². The number of ether oxygens (including phenoxy) is 2. The van der Waals surface area contributed by atoms with Gasteiger partial charge >= 0.3 is 0 Å². The van der Waals surface area contributed by atoms with Crippen LogP contribution in [0.2, 0.25) is 0 Å². The number of aryl methyl sites for hydroxylation is 2. The Bertz CT molecular complexity index is 1120. The van der Waals surface area contributed by atoms with Crippen LogP contribution in [-0.4, -0.2) is 67.0 Å². The van der Waals surface area contributed by atoms with Crippen molar-refractivity contribution in [2.24, 2.45) is 0 Å². The Kier molecular flexibility index (Phi) is 7.67. The number of hydrogen-bond acceptors (Lipinski definition) is 6. The standard InChI is InChI=1S/C27H34N2O5/c1-16(2)34-21-11-10-19(15-22(21)33-7)24-23(25(30)20-14-17(3)8-9-18(20)4)26(31)27(32)29(24)13-12-28(5)6/h8-11,14-16,24,30H,12-13H2,1-7H3/b25-23+. The summed E-state index contributed by atoms with van der Waals surface area (Å²) in [6, 6.07) is 10.3. The van der Waals surface area contributed by atoms with Gasteiger partial charge in [-0.2, -0.15) is 0 Å². The molecule has 0 aromatic heterocycles. The van der Waals surface area contributed by atoms with Crippen molar-refractivity contribution >= 4 is 17.4 Å². The topological polar surface area (TPSA) is 79.3 Å². The Morgan fingerprint density at radius 3 is 2.41 bits per heavy atom. The molecular weight excluding hydrogens is 432 g/mol. The van der Waals surface area contributed by atoms with E-state index in [-0.39, 0.29) is 17.4 Å². The highest BCUT2D eigenvalue weighted by Gasteiger charge is 2.46. The second kappa shape index (κ2) is 10.3. The average molecular weight is 467 g/mol. The smallest absolute Gasteiger partial charge is 0.295 e. The lowest BCUT2D eigenvalue weighted by molar-refractivity contribution is -0.140. The number of aliphatic hydroxyl groups is 1. The molecule has 1 saturated heterocycles. The van der Waals surface area contributed by atoms with Gasteiger partial charge in [0.1, 0.15) is 5.76 Å². The number of methoxy groups -OCH3 is 1. The predicted molar refractivity (Wildman–Crippen MR) is 132 cm³/mol. The van der Waals surface area contributed by atoms with Crippen LogP contribution in [0.4, 0.5) is 0 Å². The quantitative estimate of drug-likeness (QED) is 0.359. The molecule has 1 fully saturated rings. The zero-order chi connectivity index (χ0) is 25.2. The summed E-state index contributed by atoms with van der Waals surface area (Å²) in [4.78, 5) is 29.8. The number of aliphatic hydroxyl groups excluding tert-OH is 1. The third-order valence-corrected chi connectivity index (χ3v) is 5.84. The Hall–Kier alpha value is -3.32. The van der Waals surface area contributed by atoms with E-state index in [1.807, 2.05) is 71.0 Å². The first-order valence-electron chi connectivity index (χ1n) is 11.4. The summed E-state index contributed by atoms with van der Waals surface area (Å²) in [5, 5.41) is 11.4. The van der Waals surface area contributed by atoms with Crippen LogP contribution in [-0.2, 0) is 9.59 Å². The van der Waals surface area contributed by atoms with E-state index >= 15 is 0 Å². The number of amides is 1. The monoisotopic (exact) mass is 466 g/mol. The number of benzene rings is 2. The van der Waals surface area contributed by atoms with E-state index in [0.29, 0.717) is 35.7 Å². The minimum atomic E-state index is -0.748. The fourth-order valence-electron chi connectivity index (χ4n) is 4.11.